The Kier molecular flexibility index (Phi) is 4.84. The molecule has 2 aromatic rings. The number of amides is 3. The highest BCUT2D eigenvalue weighted by Crippen LogP contribution is 2.23. The Morgan fingerprint density at radius 2 is 1.96 bits per heavy atom. The molecular weight excluding hydrogens is 344 g/mol. The van der Waals surface area contributed by atoms with Crippen molar-refractivity contribution in [3.63, 3.8) is 0 Å². The lowest BCUT2D eigenvalue weighted by Crippen LogP contribution is -2.52. The molecule has 0 saturated carbocycles. The fraction of sp³-hybridized carbons (Fsp3) is 0.579. The summed E-state index contributed by atoms with van der Waals surface area (Å²) in [5.41, 5.74) is 1.32. The number of hydrogen-bond acceptors (Lipinski definition) is 4. The molecule has 3 rings (SSSR count). The number of aromatic nitrogens is 3. The van der Waals surface area contributed by atoms with E-state index in [1.807, 2.05) is 52.5 Å². The molecule has 1 fully saturated rings. The van der Waals surface area contributed by atoms with Gasteiger partial charge in [0.1, 0.15) is 11.4 Å². The first-order chi connectivity index (χ1) is 12.6. The number of rotatable bonds is 3. The summed E-state index contributed by atoms with van der Waals surface area (Å²) in [7, 11) is 0. The van der Waals surface area contributed by atoms with Crippen LogP contribution in [0.15, 0.2) is 12.3 Å². The second-order valence-electron chi connectivity index (χ2n) is 8.33. The molecule has 3 heterocycles. The van der Waals surface area contributed by atoms with Gasteiger partial charge in [-0.1, -0.05) is 0 Å². The van der Waals surface area contributed by atoms with E-state index in [1.165, 1.54) is 6.20 Å². The summed E-state index contributed by atoms with van der Waals surface area (Å²) in [5, 5.41) is 7.24. The van der Waals surface area contributed by atoms with Gasteiger partial charge in [-0.25, -0.2) is 14.3 Å². The normalized spacial score (nSPS) is 15.7. The van der Waals surface area contributed by atoms with Gasteiger partial charge in [-0.15, -0.1) is 0 Å². The minimum Gasteiger partial charge on any atom is -0.347 e. The number of carbonyl (C=O) groups excluding carboxylic acids is 2. The van der Waals surface area contributed by atoms with E-state index in [1.54, 1.807) is 9.42 Å². The summed E-state index contributed by atoms with van der Waals surface area (Å²) in [6.45, 7) is 13.0. The van der Waals surface area contributed by atoms with Crippen LogP contribution < -0.4 is 10.2 Å². The van der Waals surface area contributed by atoms with Crippen LogP contribution in [0.2, 0.25) is 0 Å². The van der Waals surface area contributed by atoms with Crippen LogP contribution in [-0.4, -0.2) is 56.1 Å². The summed E-state index contributed by atoms with van der Waals surface area (Å²) >= 11 is 0. The summed E-state index contributed by atoms with van der Waals surface area (Å²) in [4.78, 5) is 33.7. The molecule has 8 nitrogen and oxygen atoms in total. The largest absolute Gasteiger partial charge is 0.347 e. The molecule has 0 atom stereocenters. The van der Waals surface area contributed by atoms with Gasteiger partial charge >= 0.3 is 6.03 Å². The average molecular weight is 372 g/mol. The van der Waals surface area contributed by atoms with Crippen LogP contribution >= 0.6 is 0 Å². The summed E-state index contributed by atoms with van der Waals surface area (Å²) in [6, 6.07) is 1.92. The molecule has 0 aromatic carbocycles. The van der Waals surface area contributed by atoms with Gasteiger partial charge in [0.25, 0.3) is 5.91 Å². The molecule has 1 N–H and O–H groups in total. The Morgan fingerprint density at radius 3 is 2.59 bits per heavy atom. The predicted molar refractivity (Wildman–Crippen MR) is 104 cm³/mol. The van der Waals surface area contributed by atoms with Gasteiger partial charge in [-0.2, -0.15) is 5.10 Å². The molecule has 146 valence electrons. The number of hydrogen-bond donors (Lipinski definition) is 1. The fourth-order valence-corrected chi connectivity index (χ4v) is 3.24. The van der Waals surface area contributed by atoms with Crippen molar-refractivity contribution in [3.8, 4) is 0 Å². The fourth-order valence-electron chi connectivity index (χ4n) is 3.24. The van der Waals surface area contributed by atoms with Gasteiger partial charge in [0.2, 0.25) is 0 Å². The molecule has 0 unspecified atom stereocenters. The number of aryl methyl sites for hydroxylation is 1. The van der Waals surface area contributed by atoms with E-state index in [0.29, 0.717) is 23.6 Å². The van der Waals surface area contributed by atoms with Crippen molar-refractivity contribution in [2.75, 3.05) is 18.0 Å². The first-order valence-corrected chi connectivity index (χ1v) is 9.34. The number of urea groups is 1. The zero-order valence-corrected chi connectivity index (χ0v) is 16.9. The Morgan fingerprint density at radius 1 is 1.26 bits per heavy atom. The average Bonchev–Trinajstić information content (AvgIpc) is 2.97. The van der Waals surface area contributed by atoms with Crippen molar-refractivity contribution in [1.29, 1.82) is 0 Å². The minimum absolute atomic E-state index is 0.0484. The third-order valence-electron chi connectivity index (χ3n) is 4.53. The summed E-state index contributed by atoms with van der Waals surface area (Å²) in [6.07, 6.45) is 2.41. The molecule has 0 aliphatic carbocycles. The van der Waals surface area contributed by atoms with E-state index >= 15 is 0 Å². The maximum Gasteiger partial charge on any atom is 0.325 e. The van der Waals surface area contributed by atoms with Gasteiger partial charge < -0.3 is 10.2 Å². The summed E-state index contributed by atoms with van der Waals surface area (Å²) < 4.78 is 1.63. The molecule has 0 radical (unpaired) electrons. The molecule has 1 aliphatic heterocycles. The molecule has 0 spiro atoms. The van der Waals surface area contributed by atoms with Crippen LogP contribution in [-0.2, 0) is 0 Å². The zero-order valence-electron chi connectivity index (χ0n) is 16.9. The van der Waals surface area contributed by atoms with E-state index in [0.717, 1.165) is 18.7 Å². The monoisotopic (exact) mass is 372 g/mol. The van der Waals surface area contributed by atoms with E-state index in [4.69, 9.17) is 0 Å². The molecule has 0 bridgehead atoms. The number of nitrogens with one attached hydrogen (secondary N) is 1. The maximum atomic E-state index is 12.9. The Balaban J connectivity index is 2.02. The van der Waals surface area contributed by atoms with Gasteiger partial charge in [0.05, 0.1) is 6.20 Å². The highest BCUT2D eigenvalue weighted by atomic mass is 16.2. The maximum absolute atomic E-state index is 12.9. The van der Waals surface area contributed by atoms with Crippen molar-refractivity contribution in [2.45, 2.75) is 59.5 Å². The Bertz CT molecular complexity index is 880. The highest BCUT2D eigenvalue weighted by Gasteiger charge is 2.30. The van der Waals surface area contributed by atoms with Crippen molar-refractivity contribution in [1.82, 2.24) is 24.8 Å². The topological polar surface area (TPSA) is 82.8 Å². The SMILES string of the molecule is Cc1cc(N2CCCN(C(C)C)C2=O)nc2c(C(=O)NC(C)(C)C)cnn12. The van der Waals surface area contributed by atoms with E-state index in [2.05, 4.69) is 15.4 Å². The standard InChI is InChI=1S/C19H28N6O2/c1-12(2)23-8-7-9-24(18(23)27)15-10-13(3)25-16(21-15)14(11-20-25)17(26)22-19(4,5)6/h10-12H,7-9H2,1-6H3,(H,22,26). The molecule has 3 amide bonds. The van der Waals surface area contributed by atoms with Crippen LogP contribution in [0.4, 0.5) is 10.6 Å². The Labute approximate surface area is 159 Å². The zero-order chi connectivity index (χ0) is 19.9. The molecule has 2 aromatic heterocycles. The van der Waals surface area contributed by atoms with Crippen LogP contribution in [0.25, 0.3) is 5.65 Å². The molecule has 8 heteroatoms. The Hall–Kier alpha value is -2.64. The highest BCUT2D eigenvalue weighted by molar-refractivity contribution is 6.00. The van der Waals surface area contributed by atoms with Crippen LogP contribution in [0.5, 0.6) is 0 Å². The third kappa shape index (κ3) is 3.74. The number of anilines is 1. The van der Waals surface area contributed by atoms with Gasteiger partial charge in [0, 0.05) is 36.4 Å². The van der Waals surface area contributed by atoms with Crippen LogP contribution in [0.1, 0.15) is 57.1 Å². The number of nitrogens with zero attached hydrogens (tertiary/aromatic N) is 5. The van der Waals surface area contributed by atoms with Crippen molar-refractivity contribution in [3.05, 3.63) is 23.5 Å². The molecule has 27 heavy (non-hydrogen) atoms. The lowest BCUT2D eigenvalue weighted by Gasteiger charge is -2.37. The number of carbonyl (C=O) groups is 2. The van der Waals surface area contributed by atoms with Crippen LogP contribution in [0.3, 0.4) is 0 Å². The second kappa shape index (κ2) is 6.83. The predicted octanol–water partition coefficient (Wildman–Crippen LogP) is 2.61. The van der Waals surface area contributed by atoms with Gasteiger partial charge in [-0.3, -0.25) is 9.69 Å². The van der Waals surface area contributed by atoms with Crippen molar-refractivity contribution >= 4 is 23.4 Å². The minimum atomic E-state index is -0.363. The lowest BCUT2D eigenvalue weighted by atomic mass is 10.1. The van der Waals surface area contributed by atoms with Crippen LogP contribution in [0, 0.1) is 6.92 Å². The molecule has 1 aliphatic rings. The number of fused-ring (bicyclic) bond motifs is 1. The van der Waals surface area contributed by atoms with Gasteiger partial charge in [-0.05, 0) is 48.0 Å². The lowest BCUT2D eigenvalue weighted by molar-refractivity contribution is 0.0921. The first-order valence-electron chi connectivity index (χ1n) is 9.34. The summed E-state index contributed by atoms with van der Waals surface area (Å²) in [5.74, 6) is 0.330. The first kappa shape index (κ1) is 19.1. The molecule has 1 saturated heterocycles. The smallest absolute Gasteiger partial charge is 0.325 e. The quantitative estimate of drug-likeness (QED) is 0.898. The van der Waals surface area contributed by atoms with E-state index < -0.39 is 0 Å². The third-order valence-corrected chi connectivity index (χ3v) is 4.53. The van der Waals surface area contributed by atoms with Crippen molar-refractivity contribution < 1.29 is 9.59 Å². The van der Waals surface area contributed by atoms with Crippen molar-refractivity contribution in [2.24, 2.45) is 0 Å². The van der Waals surface area contributed by atoms with Gasteiger partial charge in [0.15, 0.2) is 5.65 Å². The molecular formula is C19H28N6O2. The second-order valence-corrected chi connectivity index (χ2v) is 8.33. The van der Waals surface area contributed by atoms with E-state index in [9.17, 15) is 9.59 Å². The van der Waals surface area contributed by atoms with E-state index in [-0.39, 0.29) is 23.5 Å².